The number of morpholine rings is 1. The van der Waals surface area contributed by atoms with Gasteiger partial charge in [0.05, 0.1) is 18.9 Å². The first-order chi connectivity index (χ1) is 13.4. The van der Waals surface area contributed by atoms with Gasteiger partial charge in [0.15, 0.2) is 0 Å². The van der Waals surface area contributed by atoms with Gasteiger partial charge in [0.1, 0.15) is 5.82 Å². The summed E-state index contributed by atoms with van der Waals surface area (Å²) in [5.74, 6) is 1.74. The van der Waals surface area contributed by atoms with E-state index in [1.165, 1.54) is 5.56 Å². The van der Waals surface area contributed by atoms with Crippen molar-refractivity contribution in [2.45, 2.75) is 6.42 Å². The second-order valence-electron chi connectivity index (χ2n) is 6.62. The van der Waals surface area contributed by atoms with Crippen LogP contribution in [0.2, 0.25) is 0 Å². The maximum absolute atomic E-state index is 5.49. The zero-order valence-electron chi connectivity index (χ0n) is 15.0. The largest absolute Gasteiger partial charge is 0.378 e. The number of hydrogen-bond donors (Lipinski definition) is 0. The fourth-order valence-electron chi connectivity index (χ4n) is 3.67. The van der Waals surface area contributed by atoms with Gasteiger partial charge in [0.2, 0.25) is 5.95 Å². The van der Waals surface area contributed by atoms with E-state index in [1.54, 1.807) is 6.20 Å². The van der Waals surface area contributed by atoms with E-state index in [0.29, 0.717) is 13.2 Å². The Bertz CT molecular complexity index is 928. The summed E-state index contributed by atoms with van der Waals surface area (Å²) in [6.07, 6.45) is 8.21. The van der Waals surface area contributed by atoms with E-state index in [0.717, 1.165) is 54.8 Å². The number of anilines is 3. The molecule has 0 N–H and O–H groups in total. The van der Waals surface area contributed by atoms with Crippen molar-refractivity contribution in [3.05, 3.63) is 54.6 Å². The minimum Gasteiger partial charge on any atom is -0.378 e. The summed E-state index contributed by atoms with van der Waals surface area (Å²) in [5, 5.41) is 0. The normalized spacial score (nSPS) is 16.4. The van der Waals surface area contributed by atoms with Crippen LogP contribution in [0.3, 0.4) is 0 Å². The highest BCUT2D eigenvalue weighted by Crippen LogP contribution is 2.38. The third-order valence-electron chi connectivity index (χ3n) is 5.02. The van der Waals surface area contributed by atoms with Crippen LogP contribution >= 0.6 is 0 Å². The Balaban J connectivity index is 1.65. The van der Waals surface area contributed by atoms with Crippen molar-refractivity contribution < 1.29 is 4.74 Å². The summed E-state index contributed by atoms with van der Waals surface area (Å²) in [5.41, 5.74) is 4.29. The topological polar surface area (TPSA) is 67.3 Å². The molecule has 1 fully saturated rings. The van der Waals surface area contributed by atoms with E-state index >= 15 is 0 Å². The standard InChI is InChI=1S/C20H20N6O/c1-2-15(14-22-6-1)18-17-5-9-26(16-3-7-21-8-4-16)19(17)24-20(23-18)25-10-12-27-13-11-25/h1-4,6-8,14H,5,9-13H2. The lowest BCUT2D eigenvalue weighted by atomic mass is 10.1. The van der Waals surface area contributed by atoms with Gasteiger partial charge in [0.25, 0.3) is 0 Å². The molecule has 0 radical (unpaired) electrons. The predicted molar refractivity (Wildman–Crippen MR) is 103 cm³/mol. The number of nitrogens with zero attached hydrogens (tertiary/aromatic N) is 6. The Kier molecular flexibility index (Phi) is 4.14. The highest BCUT2D eigenvalue weighted by Gasteiger charge is 2.29. The molecular formula is C20H20N6O. The van der Waals surface area contributed by atoms with Crippen LogP contribution in [0.25, 0.3) is 11.3 Å². The lowest BCUT2D eigenvalue weighted by Gasteiger charge is -2.28. The zero-order valence-corrected chi connectivity index (χ0v) is 15.0. The number of rotatable bonds is 3. The fraction of sp³-hybridized carbons (Fsp3) is 0.300. The summed E-state index contributed by atoms with van der Waals surface area (Å²) in [6, 6.07) is 8.06. The minimum atomic E-state index is 0.705. The Morgan fingerprint density at radius 1 is 0.889 bits per heavy atom. The van der Waals surface area contributed by atoms with Crippen molar-refractivity contribution >= 4 is 17.5 Å². The Hall–Kier alpha value is -3.06. The number of pyridine rings is 2. The summed E-state index contributed by atoms with van der Waals surface area (Å²) in [7, 11) is 0. The lowest BCUT2D eigenvalue weighted by molar-refractivity contribution is 0.122. The molecule has 0 amide bonds. The molecule has 2 aliphatic rings. The second kappa shape index (κ2) is 6.92. The second-order valence-corrected chi connectivity index (χ2v) is 6.62. The third kappa shape index (κ3) is 3.00. The van der Waals surface area contributed by atoms with E-state index in [4.69, 9.17) is 14.7 Å². The van der Waals surface area contributed by atoms with Crippen LogP contribution in [0.1, 0.15) is 5.56 Å². The monoisotopic (exact) mass is 360 g/mol. The van der Waals surface area contributed by atoms with Crippen LogP contribution in [-0.2, 0) is 11.2 Å². The molecule has 0 bridgehead atoms. The molecule has 7 heteroatoms. The molecule has 3 aromatic heterocycles. The summed E-state index contributed by atoms with van der Waals surface area (Å²) in [6.45, 7) is 3.91. The number of fused-ring (bicyclic) bond motifs is 1. The summed E-state index contributed by atoms with van der Waals surface area (Å²) >= 11 is 0. The number of ether oxygens (including phenoxy) is 1. The molecule has 5 heterocycles. The Morgan fingerprint density at radius 2 is 1.74 bits per heavy atom. The van der Waals surface area contributed by atoms with Gasteiger partial charge in [-0.25, -0.2) is 4.98 Å². The smallest absolute Gasteiger partial charge is 0.228 e. The molecule has 5 rings (SSSR count). The van der Waals surface area contributed by atoms with E-state index in [9.17, 15) is 0 Å². The van der Waals surface area contributed by atoms with E-state index in [2.05, 4.69) is 25.8 Å². The van der Waals surface area contributed by atoms with Gasteiger partial charge in [-0.05, 0) is 30.7 Å². The molecule has 27 heavy (non-hydrogen) atoms. The lowest BCUT2D eigenvalue weighted by Crippen LogP contribution is -2.37. The van der Waals surface area contributed by atoms with Gasteiger partial charge >= 0.3 is 0 Å². The van der Waals surface area contributed by atoms with Gasteiger partial charge < -0.3 is 14.5 Å². The van der Waals surface area contributed by atoms with Crippen LogP contribution in [0.4, 0.5) is 17.5 Å². The van der Waals surface area contributed by atoms with Gasteiger partial charge in [-0.1, -0.05) is 0 Å². The van der Waals surface area contributed by atoms with Crippen LogP contribution in [0, 0.1) is 0 Å². The summed E-state index contributed by atoms with van der Waals surface area (Å²) in [4.78, 5) is 22.8. The predicted octanol–water partition coefficient (Wildman–Crippen LogP) is 2.46. The highest BCUT2D eigenvalue weighted by atomic mass is 16.5. The molecular weight excluding hydrogens is 340 g/mol. The zero-order chi connectivity index (χ0) is 18.1. The third-order valence-corrected chi connectivity index (χ3v) is 5.02. The molecule has 0 spiro atoms. The molecule has 1 saturated heterocycles. The quantitative estimate of drug-likeness (QED) is 0.711. The Morgan fingerprint density at radius 3 is 2.52 bits per heavy atom. The molecule has 0 aliphatic carbocycles. The van der Waals surface area contributed by atoms with Gasteiger partial charge in [0, 0.05) is 61.2 Å². The van der Waals surface area contributed by atoms with Crippen LogP contribution in [0.5, 0.6) is 0 Å². The van der Waals surface area contributed by atoms with Crippen molar-refractivity contribution in [3.8, 4) is 11.3 Å². The first-order valence-electron chi connectivity index (χ1n) is 9.22. The number of aromatic nitrogens is 4. The molecule has 136 valence electrons. The fourth-order valence-corrected chi connectivity index (χ4v) is 3.67. The van der Waals surface area contributed by atoms with Gasteiger partial charge in [-0.15, -0.1) is 0 Å². The molecule has 0 aromatic carbocycles. The number of hydrogen-bond acceptors (Lipinski definition) is 7. The van der Waals surface area contributed by atoms with E-state index < -0.39 is 0 Å². The van der Waals surface area contributed by atoms with Crippen LogP contribution in [-0.4, -0.2) is 52.8 Å². The van der Waals surface area contributed by atoms with Gasteiger partial charge in [-0.2, -0.15) is 4.98 Å². The van der Waals surface area contributed by atoms with Crippen molar-refractivity contribution in [2.75, 3.05) is 42.6 Å². The molecule has 2 aliphatic heterocycles. The average molecular weight is 360 g/mol. The maximum atomic E-state index is 5.49. The molecule has 3 aromatic rings. The average Bonchev–Trinajstić information content (AvgIpc) is 3.19. The minimum absolute atomic E-state index is 0.705. The first kappa shape index (κ1) is 16.1. The van der Waals surface area contributed by atoms with Crippen LogP contribution < -0.4 is 9.80 Å². The van der Waals surface area contributed by atoms with Crippen molar-refractivity contribution in [1.29, 1.82) is 0 Å². The van der Waals surface area contributed by atoms with E-state index in [-0.39, 0.29) is 0 Å². The van der Waals surface area contributed by atoms with E-state index in [1.807, 2.05) is 36.8 Å². The molecule has 0 atom stereocenters. The molecule has 0 saturated carbocycles. The Labute approximate surface area is 157 Å². The highest BCUT2D eigenvalue weighted by molar-refractivity contribution is 5.76. The summed E-state index contributed by atoms with van der Waals surface area (Å²) < 4.78 is 5.49. The van der Waals surface area contributed by atoms with Crippen molar-refractivity contribution in [1.82, 2.24) is 19.9 Å². The maximum Gasteiger partial charge on any atom is 0.228 e. The molecule has 7 nitrogen and oxygen atoms in total. The first-order valence-corrected chi connectivity index (χ1v) is 9.22. The van der Waals surface area contributed by atoms with Crippen molar-refractivity contribution in [3.63, 3.8) is 0 Å². The SMILES string of the molecule is c1cncc(-c2nc(N3CCOCC3)nc3c2CCN3c2ccncc2)c1. The van der Waals surface area contributed by atoms with Crippen LogP contribution in [0.15, 0.2) is 49.1 Å². The van der Waals surface area contributed by atoms with Crippen molar-refractivity contribution in [2.24, 2.45) is 0 Å². The molecule has 0 unspecified atom stereocenters. The van der Waals surface area contributed by atoms with Gasteiger partial charge in [-0.3, -0.25) is 9.97 Å².